The molecule has 0 aliphatic carbocycles. The minimum atomic E-state index is -0.172. The molecule has 1 unspecified atom stereocenters. The Morgan fingerprint density at radius 3 is 2.64 bits per heavy atom. The van der Waals surface area contributed by atoms with Gasteiger partial charge in [0, 0.05) is 6.04 Å². The Bertz CT molecular complexity index is 296. The lowest BCUT2D eigenvalue weighted by Gasteiger charge is -2.14. The van der Waals surface area contributed by atoms with E-state index in [1.165, 1.54) is 6.07 Å². The Balaban J connectivity index is 2.95. The number of hydrogen-bond donors (Lipinski definition) is 1. The maximum absolute atomic E-state index is 12.9. The topological polar surface area (TPSA) is 26.0 Å². The van der Waals surface area contributed by atoms with E-state index in [0.717, 1.165) is 30.4 Å². The first kappa shape index (κ1) is 11.2. The van der Waals surface area contributed by atoms with E-state index in [2.05, 4.69) is 6.92 Å². The van der Waals surface area contributed by atoms with Crippen molar-refractivity contribution >= 4 is 0 Å². The van der Waals surface area contributed by atoms with Gasteiger partial charge in [-0.05, 0) is 36.1 Å². The molecule has 0 fully saturated rings. The van der Waals surface area contributed by atoms with Gasteiger partial charge in [0.1, 0.15) is 5.82 Å². The number of benzene rings is 1. The van der Waals surface area contributed by atoms with Gasteiger partial charge in [-0.25, -0.2) is 4.39 Å². The SMILES string of the molecule is CCCC(N)c1ccc(F)cc1CC. The molecule has 2 heteroatoms. The first-order valence-electron chi connectivity index (χ1n) is 5.23. The van der Waals surface area contributed by atoms with Crippen LogP contribution in [0, 0.1) is 5.82 Å². The molecule has 1 aromatic rings. The second kappa shape index (κ2) is 5.11. The fourth-order valence-corrected chi connectivity index (χ4v) is 1.71. The second-order valence-electron chi connectivity index (χ2n) is 3.59. The van der Waals surface area contributed by atoms with E-state index in [1.807, 2.05) is 13.0 Å². The molecule has 0 aromatic heterocycles. The summed E-state index contributed by atoms with van der Waals surface area (Å²) in [6.45, 7) is 4.13. The molecule has 0 heterocycles. The normalized spacial score (nSPS) is 12.9. The summed E-state index contributed by atoms with van der Waals surface area (Å²) in [6.07, 6.45) is 2.85. The van der Waals surface area contributed by atoms with Crippen LogP contribution in [0.1, 0.15) is 43.9 Å². The van der Waals surface area contributed by atoms with Crippen LogP contribution in [-0.2, 0) is 6.42 Å². The zero-order valence-electron chi connectivity index (χ0n) is 8.89. The monoisotopic (exact) mass is 195 g/mol. The van der Waals surface area contributed by atoms with E-state index >= 15 is 0 Å². The van der Waals surface area contributed by atoms with Crippen LogP contribution in [0.5, 0.6) is 0 Å². The third-order valence-electron chi connectivity index (χ3n) is 2.49. The molecule has 0 saturated carbocycles. The number of rotatable bonds is 4. The summed E-state index contributed by atoms with van der Waals surface area (Å²) in [4.78, 5) is 0. The van der Waals surface area contributed by atoms with Gasteiger partial charge in [0.15, 0.2) is 0 Å². The van der Waals surface area contributed by atoms with Crippen LogP contribution in [0.4, 0.5) is 4.39 Å². The molecule has 0 radical (unpaired) electrons. The highest BCUT2D eigenvalue weighted by atomic mass is 19.1. The summed E-state index contributed by atoms with van der Waals surface area (Å²) >= 11 is 0. The zero-order chi connectivity index (χ0) is 10.6. The minimum Gasteiger partial charge on any atom is -0.324 e. The Kier molecular flexibility index (Phi) is 4.08. The van der Waals surface area contributed by atoms with Gasteiger partial charge in [-0.1, -0.05) is 26.3 Å². The molecule has 0 aliphatic heterocycles. The molecule has 2 N–H and O–H groups in total. The fraction of sp³-hybridized carbons (Fsp3) is 0.500. The molecule has 0 saturated heterocycles. The summed E-state index contributed by atoms with van der Waals surface area (Å²) in [5.41, 5.74) is 8.14. The number of aryl methyl sites for hydroxylation is 1. The summed E-state index contributed by atoms with van der Waals surface area (Å²) in [5.74, 6) is -0.172. The fourth-order valence-electron chi connectivity index (χ4n) is 1.71. The highest BCUT2D eigenvalue weighted by molar-refractivity contribution is 5.30. The van der Waals surface area contributed by atoms with Crippen LogP contribution in [-0.4, -0.2) is 0 Å². The van der Waals surface area contributed by atoms with Crippen LogP contribution in [0.2, 0.25) is 0 Å². The number of halogens is 1. The molecule has 0 spiro atoms. The van der Waals surface area contributed by atoms with Gasteiger partial charge in [-0.15, -0.1) is 0 Å². The molecule has 1 rings (SSSR count). The van der Waals surface area contributed by atoms with Crippen LogP contribution >= 0.6 is 0 Å². The largest absolute Gasteiger partial charge is 0.324 e. The van der Waals surface area contributed by atoms with Crippen molar-refractivity contribution < 1.29 is 4.39 Å². The maximum Gasteiger partial charge on any atom is 0.123 e. The molecule has 1 atom stereocenters. The summed E-state index contributed by atoms with van der Waals surface area (Å²) in [7, 11) is 0. The van der Waals surface area contributed by atoms with Crippen molar-refractivity contribution in [3.05, 3.63) is 35.1 Å². The van der Waals surface area contributed by atoms with Crippen molar-refractivity contribution in [3.8, 4) is 0 Å². The Morgan fingerprint density at radius 2 is 2.07 bits per heavy atom. The molecule has 1 aromatic carbocycles. The van der Waals surface area contributed by atoms with E-state index in [9.17, 15) is 4.39 Å². The highest BCUT2D eigenvalue weighted by Gasteiger charge is 2.09. The second-order valence-corrected chi connectivity index (χ2v) is 3.59. The molecule has 0 amide bonds. The van der Waals surface area contributed by atoms with Crippen molar-refractivity contribution in [2.45, 2.75) is 39.2 Å². The van der Waals surface area contributed by atoms with E-state index < -0.39 is 0 Å². The lowest BCUT2D eigenvalue weighted by Crippen LogP contribution is -2.12. The third kappa shape index (κ3) is 2.55. The van der Waals surface area contributed by atoms with Crippen molar-refractivity contribution in [2.75, 3.05) is 0 Å². The van der Waals surface area contributed by atoms with Crippen molar-refractivity contribution in [1.82, 2.24) is 0 Å². The lowest BCUT2D eigenvalue weighted by atomic mass is 9.96. The molecule has 0 bridgehead atoms. The Morgan fingerprint density at radius 1 is 1.36 bits per heavy atom. The van der Waals surface area contributed by atoms with Gasteiger partial charge >= 0.3 is 0 Å². The quantitative estimate of drug-likeness (QED) is 0.784. The Labute approximate surface area is 85.1 Å². The molecule has 0 aliphatic rings. The predicted octanol–water partition coefficient (Wildman–Crippen LogP) is 3.19. The molecule has 14 heavy (non-hydrogen) atoms. The number of hydrogen-bond acceptors (Lipinski definition) is 1. The van der Waals surface area contributed by atoms with Crippen LogP contribution in [0.3, 0.4) is 0 Å². The van der Waals surface area contributed by atoms with Gasteiger partial charge in [-0.2, -0.15) is 0 Å². The summed E-state index contributed by atoms with van der Waals surface area (Å²) in [6, 6.07) is 4.94. The van der Waals surface area contributed by atoms with E-state index in [4.69, 9.17) is 5.73 Å². The van der Waals surface area contributed by atoms with Crippen LogP contribution in [0.15, 0.2) is 18.2 Å². The van der Waals surface area contributed by atoms with Gasteiger partial charge < -0.3 is 5.73 Å². The third-order valence-corrected chi connectivity index (χ3v) is 2.49. The van der Waals surface area contributed by atoms with Crippen molar-refractivity contribution in [2.24, 2.45) is 5.73 Å². The lowest BCUT2D eigenvalue weighted by molar-refractivity contribution is 0.610. The molecular formula is C12H18FN. The molecular weight excluding hydrogens is 177 g/mol. The van der Waals surface area contributed by atoms with Gasteiger partial charge in [0.2, 0.25) is 0 Å². The van der Waals surface area contributed by atoms with Crippen LogP contribution in [0.25, 0.3) is 0 Å². The zero-order valence-corrected chi connectivity index (χ0v) is 8.89. The maximum atomic E-state index is 12.9. The smallest absolute Gasteiger partial charge is 0.123 e. The van der Waals surface area contributed by atoms with E-state index in [-0.39, 0.29) is 11.9 Å². The van der Waals surface area contributed by atoms with E-state index in [1.54, 1.807) is 6.07 Å². The first-order valence-corrected chi connectivity index (χ1v) is 5.23. The van der Waals surface area contributed by atoms with Gasteiger partial charge in [0.05, 0.1) is 0 Å². The average Bonchev–Trinajstić information content (AvgIpc) is 2.17. The van der Waals surface area contributed by atoms with E-state index in [0.29, 0.717) is 0 Å². The Hall–Kier alpha value is -0.890. The molecule has 1 nitrogen and oxygen atoms in total. The summed E-state index contributed by atoms with van der Waals surface area (Å²) in [5, 5.41) is 0. The first-order chi connectivity index (χ1) is 6.69. The highest BCUT2D eigenvalue weighted by Crippen LogP contribution is 2.21. The van der Waals surface area contributed by atoms with Gasteiger partial charge in [-0.3, -0.25) is 0 Å². The summed E-state index contributed by atoms with van der Waals surface area (Å²) < 4.78 is 12.9. The average molecular weight is 195 g/mol. The van der Waals surface area contributed by atoms with Crippen molar-refractivity contribution in [1.29, 1.82) is 0 Å². The standard InChI is InChI=1S/C12H18FN/c1-3-5-12(14)11-7-6-10(13)8-9(11)4-2/h6-8,12H,3-5,14H2,1-2H3. The minimum absolute atomic E-state index is 0.0514. The number of nitrogens with two attached hydrogens (primary N) is 1. The van der Waals surface area contributed by atoms with Gasteiger partial charge in [0.25, 0.3) is 0 Å². The van der Waals surface area contributed by atoms with Crippen LogP contribution < -0.4 is 5.73 Å². The predicted molar refractivity (Wildman–Crippen MR) is 57.6 cm³/mol. The van der Waals surface area contributed by atoms with Crippen molar-refractivity contribution in [3.63, 3.8) is 0 Å². The molecule has 78 valence electrons.